The van der Waals surface area contributed by atoms with E-state index in [4.69, 9.17) is 4.74 Å². The summed E-state index contributed by atoms with van der Waals surface area (Å²) in [5.41, 5.74) is 1.05. The van der Waals surface area contributed by atoms with E-state index in [1.54, 1.807) is 7.11 Å². The van der Waals surface area contributed by atoms with Crippen LogP contribution in [0.5, 0.6) is 5.75 Å². The number of nitrogens with one attached hydrogen (secondary N) is 1. The highest BCUT2D eigenvalue weighted by molar-refractivity contribution is 5.76. The zero-order valence-corrected chi connectivity index (χ0v) is 14.0. The van der Waals surface area contributed by atoms with Gasteiger partial charge in [0, 0.05) is 25.6 Å². The first kappa shape index (κ1) is 16.8. The van der Waals surface area contributed by atoms with Crippen molar-refractivity contribution in [2.45, 2.75) is 32.7 Å². The molecule has 1 aliphatic rings. The molecule has 4 nitrogen and oxygen atoms in total. The lowest BCUT2D eigenvalue weighted by Gasteiger charge is -2.29. The first-order valence-corrected chi connectivity index (χ1v) is 8.18. The van der Waals surface area contributed by atoms with Crippen molar-refractivity contribution in [3.05, 3.63) is 29.8 Å². The van der Waals surface area contributed by atoms with Crippen molar-refractivity contribution in [3.8, 4) is 5.75 Å². The molecule has 22 heavy (non-hydrogen) atoms. The number of benzene rings is 1. The van der Waals surface area contributed by atoms with Crippen LogP contribution in [0, 0.1) is 11.8 Å². The van der Waals surface area contributed by atoms with Crippen molar-refractivity contribution in [1.29, 1.82) is 0 Å². The highest BCUT2D eigenvalue weighted by atomic mass is 16.5. The van der Waals surface area contributed by atoms with Gasteiger partial charge in [0.05, 0.1) is 7.11 Å². The molecule has 1 atom stereocenters. The van der Waals surface area contributed by atoms with Crippen LogP contribution in [0.4, 0.5) is 0 Å². The average Bonchev–Trinajstić information content (AvgIpc) is 2.56. The second kappa shape index (κ2) is 8.18. The molecule has 0 bridgehead atoms. The zero-order valence-electron chi connectivity index (χ0n) is 14.0. The molecule has 122 valence electrons. The Morgan fingerprint density at radius 1 is 1.36 bits per heavy atom. The van der Waals surface area contributed by atoms with E-state index < -0.39 is 0 Å². The smallest absolute Gasteiger partial charge is 0.222 e. The third-order valence-electron chi connectivity index (χ3n) is 4.71. The summed E-state index contributed by atoms with van der Waals surface area (Å²) >= 11 is 0. The molecule has 0 spiro atoms. The molecule has 0 aromatic heterocycles. The Balaban J connectivity index is 1.88. The van der Waals surface area contributed by atoms with Gasteiger partial charge in [0.15, 0.2) is 0 Å². The standard InChI is InChI=1S/C18H28N2O2/c1-14(15-8-10-19-11-9-15)12-18(21)20(2)13-16-6-4-5-7-17(16)22-3/h4-7,14-15,19H,8-13H2,1-3H3. The highest BCUT2D eigenvalue weighted by Crippen LogP contribution is 2.25. The highest BCUT2D eigenvalue weighted by Gasteiger charge is 2.23. The van der Waals surface area contributed by atoms with Crippen molar-refractivity contribution < 1.29 is 9.53 Å². The molecule has 1 saturated heterocycles. The van der Waals surface area contributed by atoms with Gasteiger partial charge in [-0.2, -0.15) is 0 Å². The van der Waals surface area contributed by atoms with Crippen molar-refractivity contribution in [2.75, 3.05) is 27.2 Å². The number of piperidine rings is 1. The molecule has 1 aromatic carbocycles. The summed E-state index contributed by atoms with van der Waals surface area (Å²) < 4.78 is 5.36. The van der Waals surface area contributed by atoms with Gasteiger partial charge in [-0.05, 0) is 43.8 Å². The second-order valence-corrected chi connectivity index (χ2v) is 6.33. The van der Waals surface area contributed by atoms with Crippen LogP contribution in [0.15, 0.2) is 24.3 Å². The second-order valence-electron chi connectivity index (χ2n) is 6.33. The lowest BCUT2D eigenvalue weighted by Crippen LogP contribution is -2.34. The fourth-order valence-electron chi connectivity index (χ4n) is 3.19. The Morgan fingerprint density at radius 2 is 2.05 bits per heavy atom. The number of para-hydroxylation sites is 1. The lowest BCUT2D eigenvalue weighted by molar-refractivity contribution is -0.131. The van der Waals surface area contributed by atoms with E-state index in [-0.39, 0.29) is 5.91 Å². The predicted octanol–water partition coefficient (Wildman–Crippen LogP) is 2.68. The predicted molar refractivity (Wildman–Crippen MR) is 88.8 cm³/mol. The molecule has 1 fully saturated rings. The molecular formula is C18H28N2O2. The number of rotatable bonds is 6. The minimum Gasteiger partial charge on any atom is -0.496 e. The van der Waals surface area contributed by atoms with E-state index in [9.17, 15) is 4.79 Å². The zero-order chi connectivity index (χ0) is 15.9. The van der Waals surface area contributed by atoms with Gasteiger partial charge >= 0.3 is 0 Å². The molecule has 1 amide bonds. The number of carbonyl (C=O) groups is 1. The van der Waals surface area contributed by atoms with E-state index in [0.717, 1.165) is 24.4 Å². The topological polar surface area (TPSA) is 41.6 Å². The molecule has 0 aliphatic carbocycles. The Hall–Kier alpha value is -1.55. The van der Waals surface area contributed by atoms with Gasteiger partial charge in [-0.1, -0.05) is 25.1 Å². The molecule has 1 aliphatic heterocycles. The van der Waals surface area contributed by atoms with Gasteiger partial charge in [-0.15, -0.1) is 0 Å². The number of hydrogen-bond donors (Lipinski definition) is 1. The van der Waals surface area contributed by atoms with Gasteiger partial charge < -0.3 is 15.0 Å². The van der Waals surface area contributed by atoms with Crippen molar-refractivity contribution >= 4 is 5.91 Å². The minimum atomic E-state index is 0.219. The number of ether oxygens (including phenoxy) is 1. The fourth-order valence-corrected chi connectivity index (χ4v) is 3.19. The SMILES string of the molecule is COc1ccccc1CN(C)C(=O)CC(C)C1CCNCC1. The number of amides is 1. The van der Waals surface area contributed by atoms with Crippen LogP contribution in [0.3, 0.4) is 0 Å². The van der Waals surface area contributed by atoms with E-state index >= 15 is 0 Å². The summed E-state index contributed by atoms with van der Waals surface area (Å²) in [5, 5.41) is 3.38. The quantitative estimate of drug-likeness (QED) is 0.878. The number of nitrogens with zero attached hydrogens (tertiary/aromatic N) is 1. The van der Waals surface area contributed by atoms with Crippen LogP contribution >= 0.6 is 0 Å². The molecular weight excluding hydrogens is 276 g/mol. The maximum atomic E-state index is 12.5. The van der Waals surface area contributed by atoms with Crippen molar-refractivity contribution in [2.24, 2.45) is 11.8 Å². The molecule has 1 unspecified atom stereocenters. The lowest BCUT2D eigenvalue weighted by atomic mass is 9.84. The summed E-state index contributed by atoms with van der Waals surface area (Å²) in [6.45, 7) is 4.98. The van der Waals surface area contributed by atoms with E-state index in [0.29, 0.717) is 24.8 Å². The average molecular weight is 304 g/mol. The number of methoxy groups -OCH3 is 1. The molecule has 4 heteroatoms. The fraction of sp³-hybridized carbons (Fsp3) is 0.611. The third kappa shape index (κ3) is 4.47. The molecule has 0 saturated carbocycles. The Bertz CT molecular complexity index is 484. The largest absolute Gasteiger partial charge is 0.496 e. The molecule has 1 N–H and O–H groups in total. The van der Waals surface area contributed by atoms with Crippen molar-refractivity contribution in [3.63, 3.8) is 0 Å². The van der Waals surface area contributed by atoms with E-state index in [1.807, 2.05) is 36.2 Å². The van der Waals surface area contributed by atoms with Crippen LogP contribution in [-0.4, -0.2) is 38.1 Å². The molecule has 1 heterocycles. The molecule has 2 rings (SSSR count). The van der Waals surface area contributed by atoms with Crippen LogP contribution in [-0.2, 0) is 11.3 Å². The Kier molecular flexibility index (Phi) is 6.25. The summed E-state index contributed by atoms with van der Waals surface area (Å²) in [7, 11) is 3.55. The Morgan fingerprint density at radius 3 is 2.73 bits per heavy atom. The summed E-state index contributed by atoms with van der Waals surface area (Å²) in [6, 6.07) is 7.88. The summed E-state index contributed by atoms with van der Waals surface area (Å²) in [4.78, 5) is 14.3. The molecule has 0 radical (unpaired) electrons. The van der Waals surface area contributed by atoms with Crippen LogP contribution in [0.1, 0.15) is 31.7 Å². The van der Waals surface area contributed by atoms with Crippen molar-refractivity contribution in [1.82, 2.24) is 10.2 Å². The molecule has 1 aromatic rings. The summed E-state index contributed by atoms with van der Waals surface area (Å²) in [6.07, 6.45) is 3.01. The van der Waals surface area contributed by atoms with Gasteiger partial charge in [0.1, 0.15) is 5.75 Å². The first-order chi connectivity index (χ1) is 10.6. The number of hydrogen-bond acceptors (Lipinski definition) is 3. The van der Waals surface area contributed by atoms with Crippen LogP contribution in [0.25, 0.3) is 0 Å². The van der Waals surface area contributed by atoms with Gasteiger partial charge in [-0.25, -0.2) is 0 Å². The maximum Gasteiger partial charge on any atom is 0.222 e. The third-order valence-corrected chi connectivity index (χ3v) is 4.71. The van der Waals surface area contributed by atoms with E-state index in [1.165, 1.54) is 12.8 Å². The number of carbonyl (C=O) groups excluding carboxylic acids is 1. The van der Waals surface area contributed by atoms with Gasteiger partial charge in [-0.3, -0.25) is 4.79 Å². The maximum absolute atomic E-state index is 12.5. The monoisotopic (exact) mass is 304 g/mol. The van der Waals surface area contributed by atoms with Gasteiger partial charge in [0.2, 0.25) is 5.91 Å². The Labute approximate surface area is 133 Å². The van der Waals surface area contributed by atoms with Gasteiger partial charge in [0.25, 0.3) is 0 Å². The van der Waals surface area contributed by atoms with Crippen LogP contribution in [0.2, 0.25) is 0 Å². The van der Waals surface area contributed by atoms with E-state index in [2.05, 4.69) is 12.2 Å². The normalized spacial score (nSPS) is 17.0. The summed E-state index contributed by atoms with van der Waals surface area (Å²) in [5.74, 6) is 2.19. The minimum absolute atomic E-state index is 0.219. The van der Waals surface area contributed by atoms with Crippen LogP contribution < -0.4 is 10.1 Å². The first-order valence-electron chi connectivity index (χ1n) is 8.18.